The van der Waals surface area contributed by atoms with Crippen LogP contribution in [0.15, 0.2) is 9.05 Å². The Kier molecular flexibility index (Phi) is 3.44. The van der Waals surface area contributed by atoms with Crippen molar-refractivity contribution < 1.29 is 18.6 Å². The highest BCUT2D eigenvalue weighted by atomic mass is 16.5. The highest BCUT2D eigenvalue weighted by molar-refractivity contribution is 6.00. The fourth-order valence-corrected chi connectivity index (χ4v) is 3.78. The van der Waals surface area contributed by atoms with Crippen LogP contribution in [0.3, 0.4) is 0 Å². The van der Waals surface area contributed by atoms with E-state index < -0.39 is 0 Å². The molecule has 0 amide bonds. The molecule has 24 heavy (non-hydrogen) atoms. The average molecular weight is 328 g/mol. The predicted octanol–water partition coefficient (Wildman–Crippen LogP) is 3.12. The molecule has 2 aliphatic rings. The maximum Gasteiger partial charge on any atom is 0.168 e. The Balaban J connectivity index is 1.57. The van der Waals surface area contributed by atoms with Gasteiger partial charge in [-0.25, -0.2) is 0 Å². The van der Waals surface area contributed by atoms with E-state index in [9.17, 15) is 9.59 Å². The Hall–Kier alpha value is -2.24. The average Bonchev–Trinajstić information content (AvgIpc) is 3.08. The first-order chi connectivity index (χ1) is 11.4. The third-order valence-corrected chi connectivity index (χ3v) is 4.91. The van der Waals surface area contributed by atoms with Crippen LogP contribution in [0.1, 0.15) is 76.7 Å². The molecule has 6 heteroatoms. The summed E-state index contributed by atoms with van der Waals surface area (Å²) in [4.78, 5) is 24.5. The largest absolute Gasteiger partial charge is 0.360 e. The maximum atomic E-state index is 12.4. The van der Waals surface area contributed by atoms with E-state index in [1.165, 1.54) is 0 Å². The quantitative estimate of drug-likeness (QED) is 0.860. The normalized spacial score (nSPS) is 19.2. The summed E-state index contributed by atoms with van der Waals surface area (Å²) >= 11 is 0. The Bertz CT molecular complexity index is 828. The molecule has 0 N–H and O–H groups in total. The summed E-state index contributed by atoms with van der Waals surface area (Å²) < 4.78 is 10.7. The molecular weight excluding hydrogens is 308 g/mol. The second kappa shape index (κ2) is 5.40. The predicted molar refractivity (Wildman–Crippen MR) is 84.1 cm³/mol. The summed E-state index contributed by atoms with van der Waals surface area (Å²) in [6.45, 7) is 4.12. The second-order valence-electron chi connectivity index (χ2n) is 7.57. The number of hydrogen-bond donors (Lipinski definition) is 0. The van der Waals surface area contributed by atoms with Crippen LogP contribution in [-0.4, -0.2) is 21.9 Å². The molecule has 2 aromatic rings. The fraction of sp³-hybridized carbons (Fsp3) is 0.556. The highest BCUT2D eigenvalue weighted by Gasteiger charge is 2.36. The number of aryl methyl sites for hydroxylation is 3. The zero-order valence-corrected chi connectivity index (χ0v) is 14.0. The van der Waals surface area contributed by atoms with Crippen molar-refractivity contribution in [1.82, 2.24) is 10.3 Å². The summed E-state index contributed by atoms with van der Waals surface area (Å²) in [6, 6.07) is 0. The van der Waals surface area contributed by atoms with Gasteiger partial charge in [0.2, 0.25) is 0 Å². The van der Waals surface area contributed by atoms with Crippen LogP contribution in [0.5, 0.6) is 0 Å². The number of rotatable bonds is 3. The lowest BCUT2D eigenvalue weighted by molar-refractivity contribution is 0.0900. The standard InChI is InChI=1S/C18H20N2O4/c1-18(2)8-13(22)17-11(20-24-15(17)9-18)7-6-10-16-12(21)4-3-5-14(16)23-19-10/h3-9H2,1-2H3. The number of ketones is 2. The number of nitrogens with zero attached hydrogens (tertiary/aromatic N) is 2. The molecular formula is C18H20N2O4. The fourth-order valence-electron chi connectivity index (χ4n) is 3.78. The molecule has 0 aliphatic heterocycles. The molecule has 0 unspecified atom stereocenters. The van der Waals surface area contributed by atoms with E-state index in [4.69, 9.17) is 9.05 Å². The van der Waals surface area contributed by atoms with Gasteiger partial charge >= 0.3 is 0 Å². The molecule has 0 fully saturated rings. The Morgan fingerprint density at radius 3 is 2.21 bits per heavy atom. The minimum Gasteiger partial charge on any atom is -0.360 e. The van der Waals surface area contributed by atoms with Gasteiger partial charge in [-0.1, -0.05) is 24.2 Å². The summed E-state index contributed by atoms with van der Waals surface area (Å²) in [7, 11) is 0. The molecule has 126 valence electrons. The van der Waals surface area contributed by atoms with E-state index in [1.54, 1.807) is 0 Å². The minimum atomic E-state index is -0.0848. The molecule has 2 heterocycles. The Morgan fingerprint density at radius 1 is 0.875 bits per heavy atom. The topological polar surface area (TPSA) is 86.2 Å². The van der Waals surface area contributed by atoms with Crippen molar-refractivity contribution in [2.24, 2.45) is 5.41 Å². The molecule has 0 saturated heterocycles. The van der Waals surface area contributed by atoms with Crippen LogP contribution in [0.2, 0.25) is 0 Å². The SMILES string of the molecule is CC1(C)CC(=O)c2c(CCc3noc4c3C(=O)CCC4)noc2C1. The summed E-state index contributed by atoms with van der Waals surface area (Å²) in [5.41, 5.74) is 2.54. The third kappa shape index (κ3) is 2.50. The first-order valence-corrected chi connectivity index (χ1v) is 8.46. The number of fused-ring (bicyclic) bond motifs is 2. The van der Waals surface area contributed by atoms with Crippen molar-refractivity contribution in [2.75, 3.05) is 0 Å². The van der Waals surface area contributed by atoms with Crippen LogP contribution in [0, 0.1) is 5.41 Å². The summed E-state index contributed by atoms with van der Waals surface area (Å²) in [6.07, 6.45) is 4.42. The highest BCUT2D eigenvalue weighted by Crippen LogP contribution is 2.36. The summed E-state index contributed by atoms with van der Waals surface area (Å²) in [5.74, 6) is 1.58. The van der Waals surface area contributed by atoms with Gasteiger partial charge in [-0.3, -0.25) is 9.59 Å². The number of hydrogen-bond acceptors (Lipinski definition) is 6. The smallest absolute Gasteiger partial charge is 0.168 e. The first kappa shape index (κ1) is 15.3. The van der Waals surface area contributed by atoms with Crippen molar-refractivity contribution in [3.05, 3.63) is 34.0 Å². The lowest BCUT2D eigenvalue weighted by Crippen LogP contribution is -2.26. The molecule has 0 atom stereocenters. The minimum absolute atomic E-state index is 0.0848. The molecule has 6 nitrogen and oxygen atoms in total. The molecule has 2 aliphatic carbocycles. The maximum absolute atomic E-state index is 12.4. The van der Waals surface area contributed by atoms with Gasteiger partial charge in [0, 0.05) is 25.7 Å². The zero-order chi connectivity index (χ0) is 16.9. The lowest BCUT2D eigenvalue weighted by atomic mass is 9.76. The number of Topliss-reactive ketones (excluding diaryl/α,β-unsaturated/α-hetero) is 2. The molecule has 0 radical (unpaired) electrons. The Morgan fingerprint density at radius 2 is 1.50 bits per heavy atom. The van der Waals surface area contributed by atoms with Crippen LogP contribution in [-0.2, 0) is 25.7 Å². The van der Waals surface area contributed by atoms with Crippen molar-refractivity contribution in [2.45, 2.75) is 58.8 Å². The van der Waals surface area contributed by atoms with Crippen molar-refractivity contribution in [3.63, 3.8) is 0 Å². The van der Waals surface area contributed by atoms with E-state index in [0.29, 0.717) is 59.7 Å². The van der Waals surface area contributed by atoms with Gasteiger partial charge in [-0.05, 0) is 24.7 Å². The van der Waals surface area contributed by atoms with E-state index in [-0.39, 0.29) is 17.0 Å². The van der Waals surface area contributed by atoms with E-state index in [2.05, 4.69) is 24.2 Å². The zero-order valence-electron chi connectivity index (χ0n) is 14.0. The molecule has 0 spiro atoms. The van der Waals surface area contributed by atoms with E-state index in [0.717, 1.165) is 19.3 Å². The van der Waals surface area contributed by atoms with Crippen LogP contribution < -0.4 is 0 Å². The van der Waals surface area contributed by atoms with Crippen LogP contribution >= 0.6 is 0 Å². The van der Waals surface area contributed by atoms with Gasteiger partial charge < -0.3 is 9.05 Å². The van der Waals surface area contributed by atoms with E-state index in [1.807, 2.05) is 0 Å². The van der Waals surface area contributed by atoms with Gasteiger partial charge in [0.15, 0.2) is 11.6 Å². The van der Waals surface area contributed by atoms with Crippen molar-refractivity contribution >= 4 is 11.6 Å². The monoisotopic (exact) mass is 328 g/mol. The number of carbonyl (C=O) groups excluding carboxylic acids is 2. The van der Waals surface area contributed by atoms with Gasteiger partial charge in [-0.15, -0.1) is 0 Å². The Labute approximate surface area is 139 Å². The number of aromatic nitrogens is 2. The molecule has 2 aromatic heterocycles. The molecule has 4 rings (SSSR count). The van der Waals surface area contributed by atoms with Gasteiger partial charge in [0.25, 0.3) is 0 Å². The second-order valence-corrected chi connectivity index (χ2v) is 7.57. The van der Waals surface area contributed by atoms with Crippen molar-refractivity contribution in [1.29, 1.82) is 0 Å². The van der Waals surface area contributed by atoms with Gasteiger partial charge in [0.1, 0.15) is 11.5 Å². The molecule has 0 saturated carbocycles. The lowest BCUT2D eigenvalue weighted by Gasteiger charge is -2.26. The number of carbonyl (C=O) groups is 2. The van der Waals surface area contributed by atoms with E-state index >= 15 is 0 Å². The first-order valence-electron chi connectivity index (χ1n) is 8.46. The van der Waals surface area contributed by atoms with Crippen LogP contribution in [0.4, 0.5) is 0 Å². The van der Waals surface area contributed by atoms with Gasteiger partial charge in [-0.2, -0.15) is 0 Å². The molecule has 0 aromatic carbocycles. The van der Waals surface area contributed by atoms with Crippen LogP contribution in [0.25, 0.3) is 0 Å². The molecule has 0 bridgehead atoms. The summed E-state index contributed by atoms with van der Waals surface area (Å²) in [5, 5.41) is 8.17. The van der Waals surface area contributed by atoms with Gasteiger partial charge in [0.05, 0.1) is 22.5 Å². The third-order valence-electron chi connectivity index (χ3n) is 4.91. The van der Waals surface area contributed by atoms with Crippen molar-refractivity contribution in [3.8, 4) is 0 Å².